The molecule has 0 bridgehead atoms. The lowest BCUT2D eigenvalue weighted by atomic mass is 9.88. The number of carbonyl (C=O) groups excluding carboxylic acids is 2. The van der Waals surface area contributed by atoms with E-state index in [1.807, 2.05) is 26.0 Å². The summed E-state index contributed by atoms with van der Waals surface area (Å²) in [6.07, 6.45) is 2.79. The van der Waals surface area contributed by atoms with Crippen molar-refractivity contribution in [1.82, 2.24) is 0 Å². The number of halogens is 1. The minimum absolute atomic E-state index is 0.122. The number of hydrogen-bond acceptors (Lipinski definition) is 5. The Hall–Kier alpha value is -1.86. The molecule has 3 rings (SSSR count). The molecule has 1 aliphatic carbocycles. The second-order valence-electron chi connectivity index (χ2n) is 7.25. The van der Waals surface area contributed by atoms with E-state index in [1.165, 1.54) is 18.4 Å². The van der Waals surface area contributed by atoms with E-state index in [0.29, 0.717) is 22.2 Å². The van der Waals surface area contributed by atoms with Crippen LogP contribution in [-0.2, 0) is 22.4 Å². The maximum Gasteiger partial charge on any atom is 0.341 e. The molecule has 1 aromatic heterocycles. The predicted molar refractivity (Wildman–Crippen MR) is 115 cm³/mol. The van der Waals surface area contributed by atoms with Crippen LogP contribution in [0, 0.1) is 19.8 Å². The number of carbonyl (C=O) groups is 2. The molecule has 1 atom stereocenters. The van der Waals surface area contributed by atoms with Gasteiger partial charge in [0.1, 0.15) is 10.8 Å². The molecule has 5 nitrogen and oxygen atoms in total. The van der Waals surface area contributed by atoms with Gasteiger partial charge in [0.25, 0.3) is 5.91 Å². The summed E-state index contributed by atoms with van der Waals surface area (Å²) in [5, 5.41) is 3.42. The number of esters is 1. The van der Waals surface area contributed by atoms with Crippen LogP contribution in [0.4, 0.5) is 5.00 Å². The van der Waals surface area contributed by atoms with E-state index in [2.05, 4.69) is 28.2 Å². The van der Waals surface area contributed by atoms with Gasteiger partial charge in [-0.1, -0.05) is 22.9 Å². The van der Waals surface area contributed by atoms with E-state index in [1.54, 1.807) is 0 Å². The van der Waals surface area contributed by atoms with Crippen molar-refractivity contribution in [3.63, 3.8) is 0 Å². The van der Waals surface area contributed by atoms with Gasteiger partial charge >= 0.3 is 5.97 Å². The summed E-state index contributed by atoms with van der Waals surface area (Å²) in [5.41, 5.74) is 3.43. The Morgan fingerprint density at radius 1 is 1.29 bits per heavy atom. The van der Waals surface area contributed by atoms with Gasteiger partial charge in [0, 0.05) is 9.35 Å². The number of anilines is 1. The Morgan fingerprint density at radius 3 is 2.61 bits per heavy atom. The monoisotopic (exact) mass is 465 g/mol. The fraction of sp³-hybridized carbons (Fsp3) is 0.429. The third-order valence-corrected chi connectivity index (χ3v) is 6.55. The van der Waals surface area contributed by atoms with Crippen LogP contribution < -0.4 is 10.1 Å². The van der Waals surface area contributed by atoms with Crippen LogP contribution >= 0.6 is 27.3 Å². The van der Waals surface area contributed by atoms with Gasteiger partial charge in [0.05, 0.1) is 12.7 Å². The fourth-order valence-electron chi connectivity index (χ4n) is 3.58. The van der Waals surface area contributed by atoms with Gasteiger partial charge < -0.3 is 14.8 Å². The Morgan fingerprint density at radius 2 is 1.96 bits per heavy atom. The maximum absolute atomic E-state index is 12.5. The molecule has 0 radical (unpaired) electrons. The minimum Gasteiger partial charge on any atom is -0.483 e. The second-order valence-corrected chi connectivity index (χ2v) is 9.27. The van der Waals surface area contributed by atoms with Crippen LogP contribution in [-0.4, -0.2) is 25.6 Å². The summed E-state index contributed by atoms with van der Waals surface area (Å²) < 4.78 is 11.7. The van der Waals surface area contributed by atoms with E-state index in [4.69, 9.17) is 9.47 Å². The number of amides is 1. The second kappa shape index (κ2) is 8.66. The lowest BCUT2D eigenvalue weighted by Gasteiger charge is -2.18. The van der Waals surface area contributed by atoms with Gasteiger partial charge in [0.15, 0.2) is 6.61 Å². The number of fused-ring (bicyclic) bond motifs is 1. The normalized spacial score (nSPS) is 15.7. The smallest absolute Gasteiger partial charge is 0.341 e. The Labute approximate surface area is 177 Å². The first-order chi connectivity index (χ1) is 13.3. The van der Waals surface area contributed by atoms with Crippen LogP contribution in [0.2, 0.25) is 0 Å². The molecule has 1 N–H and O–H groups in total. The number of thiophene rings is 1. The number of methoxy groups -OCH3 is 1. The molecule has 2 aromatic rings. The van der Waals surface area contributed by atoms with Crippen LogP contribution in [0.15, 0.2) is 16.6 Å². The van der Waals surface area contributed by atoms with E-state index in [0.717, 1.165) is 45.3 Å². The zero-order valence-electron chi connectivity index (χ0n) is 16.5. The summed E-state index contributed by atoms with van der Waals surface area (Å²) >= 11 is 4.93. The number of benzene rings is 1. The molecular formula is C21H24BrNO4S. The molecule has 0 saturated heterocycles. The molecule has 28 heavy (non-hydrogen) atoms. The van der Waals surface area contributed by atoms with Crippen LogP contribution in [0.25, 0.3) is 0 Å². The minimum atomic E-state index is -0.400. The predicted octanol–water partition coefficient (Wildman–Crippen LogP) is 5.06. The first-order valence-corrected chi connectivity index (χ1v) is 10.8. The highest BCUT2D eigenvalue weighted by Gasteiger charge is 2.29. The van der Waals surface area contributed by atoms with Crippen molar-refractivity contribution >= 4 is 44.1 Å². The van der Waals surface area contributed by atoms with Crippen molar-refractivity contribution in [3.8, 4) is 5.75 Å². The highest BCUT2D eigenvalue weighted by molar-refractivity contribution is 9.10. The van der Waals surface area contributed by atoms with Crippen LogP contribution in [0.5, 0.6) is 5.75 Å². The van der Waals surface area contributed by atoms with Gasteiger partial charge in [-0.2, -0.15) is 0 Å². The van der Waals surface area contributed by atoms with E-state index >= 15 is 0 Å². The summed E-state index contributed by atoms with van der Waals surface area (Å²) in [6, 6.07) is 3.90. The van der Waals surface area contributed by atoms with Gasteiger partial charge in [-0.15, -0.1) is 11.3 Å². The lowest BCUT2D eigenvalue weighted by Crippen LogP contribution is -2.21. The molecule has 0 fully saturated rings. The van der Waals surface area contributed by atoms with Crippen molar-refractivity contribution in [1.29, 1.82) is 0 Å². The Balaban J connectivity index is 1.76. The molecule has 1 amide bonds. The molecule has 0 spiro atoms. The van der Waals surface area contributed by atoms with Crippen LogP contribution in [0.1, 0.15) is 45.3 Å². The first-order valence-electron chi connectivity index (χ1n) is 9.22. The third-order valence-electron chi connectivity index (χ3n) is 4.93. The number of rotatable bonds is 5. The topological polar surface area (TPSA) is 64.6 Å². The molecule has 150 valence electrons. The molecule has 0 aliphatic heterocycles. The van der Waals surface area contributed by atoms with Gasteiger partial charge in [-0.25, -0.2) is 4.79 Å². The van der Waals surface area contributed by atoms with Crippen molar-refractivity contribution in [3.05, 3.63) is 43.7 Å². The number of nitrogens with one attached hydrogen (secondary N) is 1. The van der Waals surface area contributed by atoms with Crippen molar-refractivity contribution in [2.75, 3.05) is 19.0 Å². The van der Waals surface area contributed by atoms with Crippen molar-refractivity contribution in [2.45, 2.75) is 40.0 Å². The largest absolute Gasteiger partial charge is 0.483 e. The number of ether oxygens (including phenoxy) is 2. The van der Waals surface area contributed by atoms with Crippen molar-refractivity contribution in [2.24, 2.45) is 5.92 Å². The fourth-order valence-corrected chi connectivity index (χ4v) is 5.68. The summed E-state index contributed by atoms with van der Waals surface area (Å²) in [5.74, 6) is 0.583. The average Bonchev–Trinajstić information content (AvgIpc) is 2.96. The molecule has 1 heterocycles. The van der Waals surface area contributed by atoms with E-state index < -0.39 is 5.97 Å². The first kappa shape index (κ1) is 20.9. The van der Waals surface area contributed by atoms with Crippen molar-refractivity contribution < 1.29 is 19.1 Å². The summed E-state index contributed by atoms with van der Waals surface area (Å²) in [6.45, 7) is 5.96. The van der Waals surface area contributed by atoms with Gasteiger partial charge in [0.2, 0.25) is 0 Å². The Bertz CT molecular complexity index is 898. The lowest BCUT2D eigenvalue weighted by molar-refractivity contribution is -0.118. The molecule has 1 aromatic carbocycles. The third kappa shape index (κ3) is 4.41. The highest BCUT2D eigenvalue weighted by Crippen LogP contribution is 2.40. The van der Waals surface area contributed by atoms with Gasteiger partial charge in [-0.05, 0) is 67.9 Å². The molecule has 1 unspecified atom stereocenters. The highest BCUT2D eigenvalue weighted by atomic mass is 79.9. The molecule has 0 saturated carbocycles. The van der Waals surface area contributed by atoms with E-state index in [9.17, 15) is 9.59 Å². The Kier molecular flexibility index (Phi) is 6.45. The standard InChI is InChI=1S/C21H24BrNO4S/c1-11-5-6-15-16(7-11)28-20(18(15)21(25)26-4)23-17(24)10-27-19-12(2)8-14(22)9-13(19)3/h8-9,11H,5-7,10H2,1-4H3,(H,23,24). The molecule has 7 heteroatoms. The zero-order chi connectivity index (χ0) is 20.4. The maximum atomic E-state index is 12.5. The zero-order valence-corrected chi connectivity index (χ0v) is 18.9. The van der Waals surface area contributed by atoms with Gasteiger partial charge in [-0.3, -0.25) is 4.79 Å². The quantitative estimate of drug-likeness (QED) is 0.626. The summed E-state index contributed by atoms with van der Waals surface area (Å²) in [7, 11) is 1.37. The summed E-state index contributed by atoms with van der Waals surface area (Å²) in [4.78, 5) is 26.0. The number of hydrogen-bond donors (Lipinski definition) is 1. The van der Waals surface area contributed by atoms with E-state index in [-0.39, 0.29) is 12.5 Å². The molecular weight excluding hydrogens is 442 g/mol. The van der Waals surface area contributed by atoms with Crippen LogP contribution in [0.3, 0.4) is 0 Å². The molecule has 1 aliphatic rings. The SMILES string of the molecule is COC(=O)c1c(NC(=O)COc2c(C)cc(Br)cc2C)sc2c1CCC(C)C2. The number of aryl methyl sites for hydroxylation is 2. The average molecular weight is 466 g/mol.